The highest BCUT2D eigenvalue weighted by atomic mass is 16.7. The van der Waals surface area contributed by atoms with Crippen molar-refractivity contribution in [2.75, 3.05) is 6.79 Å². The average molecular weight is 273 g/mol. The Balaban J connectivity index is 1.66. The van der Waals surface area contributed by atoms with Crippen molar-refractivity contribution in [2.45, 2.75) is 33.2 Å². The molecule has 0 saturated carbocycles. The lowest BCUT2D eigenvalue weighted by atomic mass is 9.79. The molecule has 1 aliphatic heterocycles. The van der Waals surface area contributed by atoms with Crippen LogP contribution in [0.1, 0.15) is 32.3 Å². The summed E-state index contributed by atoms with van der Waals surface area (Å²) >= 11 is 0. The number of nitrogens with one attached hydrogen (secondary N) is 1. The number of ether oxygens (including phenoxy) is 2. The molecular formula is C16H19NO3. The van der Waals surface area contributed by atoms with Gasteiger partial charge in [-0.25, -0.2) is 0 Å². The van der Waals surface area contributed by atoms with Crippen molar-refractivity contribution in [3.63, 3.8) is 0 Å². The molecule has 3 rings (SSSR count). The monoisotopic (exact) mass is 273 g/mol. The first kappa shape index (κ1) is 13.0. The van der Waals surface area contributed by atoms with Gasteiger partial charge in [-0.2, -0.15) is 0 Å². The Bertz CT molecular complexity index is 575. The first-order chi connectivity index (χ1) is 9.52. The van der Waals surface area contributed by atoms with E-state index in [1.165, 1.54) is 0 Å². The highest BCUT2D eigenvalue weighted by Crippen LogP contribution is 2.34. The summed E-state index contributed by atoms with van der Waals surface area (Å²) in [6.07, 6.45) is 3.27. The van der Waals surface area contributed by atoms with Crippen molar-refractivity contribution in [2.24, 2.45) is 5.41 Å². The molecule has 106 valence electrons. The SMILES string of the molecule is CC1(C)CC(=O)C=C(NCc2ccc3c(c2)OCO3)C1. The molecule has 1 aromatic rings. The fourth-order valence-corrected chi connectivity index (χ4v) is 2.73. The second kappa shape index (κ2) is 4.85. The summed E-state index contributed by atoms with van der Waals surface area (Å²) in [7, 11) is 0. The Labute approximate surface area is 118 Å². The minimum absolute atomic E-state index is 0.0447. The van der Waals surface area contributed by atoms with Crippen LogP contribution in [0.25, 0.3) is 0 Å². The van der Waals surface area contributed by atoms with Crippen LogP contribution in [-0.4, -0.2) is 12.6 Å². The van der Waals surface area contributed by atoms with E-state index in [4.69, 9.17) is 9.47 Å². The van der Waals surface area contributed by atoms with Crippen LogP contribution < -0.4 is 14.8 Å². The van der Waals surface area contributed by atoms with Gasteiger partial charge in [0.1, 0.15) is 0 Å². The zero-order valence-electron chi connectivity index (χ0n) is 11.9. The zero-order valence-corrected chi connectivity index (χ0v) is 11.9. The molecule has 0 radical (unpaired) electrons. The van der Waals surface area contributed by atoms with Crippen LogP contribution in [0.5, 0.6) is 11.5 Å². The van der Waals surface area contributed by atoms with Crippen LogP contribution >= 0.6 is 0 Å². The smallest absolute Gasteiger partial charge is 0.231 e. The molecule has 2 aliphatic rings. The quantitative estimate of drug-likeness (QED) is 0.920. The molecule has 0 fully saturated rings. The second-order valence-electron chi connectivity index (χ2n) is 6.19. The lowest BCUT2D eigenvalue weighted by molar-refractivity contribution is -0.117. The largest absolute Gasteiger partial charge is 0.454 e. The summed E-state index contributed by atoms with van der Waals surface area (Å²) in [5.74, 6) is 1.79. The van der Waals surface area contributed by atoms with Crippen LogP contribution in [0, 0.1) is 5.41 Å². The van der Waals surface area contributed by atoms with Gasteiger partial charge in [0.15, 0.2) is 17.3 Å². The van der Waals surface area contributed by atoms with E-state index in [-0.39, 0.29) is 11.2 Å². The molecule has 0 saturated heterocycles. The number of carbonyl (C=O) groups excluding carboxylic acids is 1. The number of hydrogen-bond donors (Lipinski definition) is 1. The maximum absolute atomic E-state index is 11.7. The third kappa shape index (κ3) is 2.79. The summed E-state index contributed by atoms with van der Waals surface area (Å²) in [4.78, 5) is 11.7. The van der Waals surface area contributed by atoms with Gasteiger partial charge in [0.25, 0.3) is 0 Å². The summed E-state index contributed by atoms with van der Waals surface area (Å²) in [6, 6.07) is 5.91. The van der Waals surface area contributed by atoms with E-state index in [0.29, 0.717) is 19.8 Å². The Morgan fingerprint density at radius 1 is 1.20 bits per heavy atom. The van der Waals surface area contributed by atoms with Crippen molar-refractivity contribution >= 4 is 5.78 Å². The number of allylic oxidation sites excluding steroid dienone is 2. The highest BCUT2D eigenvalue weighted by Gasteiger charge is 2.27. The minimum atomic E-state index is 0.0447. The van der Waals surface area contributed by atoms with E-state index < -0.39 is 0 Å². The molecule has 1 aromatic carbocycles. The first-order valence-corrected chi connectivity index (χ1v) is 6.88. The standard InChI is InChI=1S/C16H19NO3/c1-16(2)7-12(6-13(18)8-16)17-9-11-3-4-14-15(5-11)20-10-19-14/h3-6,17H,7-10H2,1-2H3. The Hall–Kier alpha value is -1.97. The molecule has 0 unspecified atom stereocenters. The lowest BCUT2D eigenvalue weighted by Crippen LogP contribution is -2.27. The van der Waals surface area contributed by atoms with Crippen LogP contribution in [0.3, 0.4) is 0 Å². The summed E-state index contributed by atoms with van der Waals surface area (Å²) in [5, 5.41) is 3.36. The molecule has 1 heterocycles. The van der Waals surface area contributed by atoms with Gasteiger partial charge in [0, 0.05) is 24.7 Å². The maximum atomic E-state index is 11.7. The molecule has 1 aliphatic carbocycles. The predicted molar refractivity (Wildman–Crippen MR) is 75.5 cm³/mol. The van der Waals surface area contributed by atoms with Crippen LogP contribution in [0.2, 0.25) is 0 Å². The molecule has 0 spiro atoms. The third-order valence-electron chi connectivity index (χ3n) is 3.61. The first-order valence-electron chi connectivity index (χ1n) is 6.88. The van der Waals surface area contributed by atoms with E-state index in [9.17, 15) is 4.79 Å². The number of benzene rings is 1. The fourth-order valence-electron chi connectivity index (χ4n) is 2.73. The maximum Gasteiger partial charge on any atom is 0.231 e. The van der Waals surface area contributed by atoms with E-state index in [1.807, 2.05) is 18.2 Å². The van der Waals surface area contributed by atoms with Crippen molar-refractivity contribution < 1.29 is 14.3 Å². The molecule has 0 bridgehead atoms. The average Bonchev–Trinajstić information content (AvgIpc) is 2.81. The molecule has 0 aromatic heterocycles. The van der Waals surface area contributed by atoms with E-state index in [2.05, 4.69) is 19.2 Å². The molecular weight excluding hydrogens is 254 g/mol. The van der Waals surface area contributed by atoms with Crippen molar-refractivity contribution in [3.05, 3.63) is 35.5 Å². The number of ketones is 1. The number of rotatable bonds is 3. The van der Waals surface area contributed by atoms with Crippen molar-refractivity contribution in [1.29, 1.82) is 0 Å². The zero-order chi connectivity index (χ0) is 14.2. The summed E-state index contributed by atoms with van der Waals surface area (Å²) in [5.41, 5.74) is 2.18. The molecule has 0 amide bonds. The van der Waals surface area contributed by atoms with Gasteiger partial charge in [-0.1, -0.05) is 19.9 Å². The van der Waals surface area contributed by atoms with Crippen molar-refractivity contribution in [3.8, 4) is 11.5 Å². The normalized spacial score (nSPS) is 19.7. The van der Waals surface area contributed by atoms with Gasteiger partial charge in [0.2, 0.25) is 6.79 Å². The van der Waals surface area contributed by atoms with Gasteiger partial charge in [-0.05, 0) is 29.5 Å². The number of carbonyl (C=O) groups is 1. The summed E-state index contributed by atoms with van der Waals surface area (Å²) in [6.45, 7) is 5.23. The number of hydrogen-bond acceptors (Lipinski definition) is 4. The molecule has 0 atom stereocenters. The van der Waals surface area contributed by atoms with Gasteiger partial charge in [0.05, 0.1) is 0 Å². The highest BCUT2D eigenvalue weighted by molar-refractivity contribution is 5.91. The Morgan fingerprint density at radius 2 is 2.00 bits per heavy atom. The summed E-state index contributed by atoms with van der Waals surface area (Å²) < 4.78 is 10.7. The van der Waals surface area contributed by atoms with E-state index in [1.54, 1.807) is 6.08 Å². The predicted octanol–water partition coefficient (Wildman–Crippen LogP) is 2.78. The Kier molecular flexibility index (Phi) is 3.16. The van der Waals surface area contributed by atoms with Crippen LogP contribution in [0.4, 0.5) is 0 Å². The molecule has 4 nitrogen and oxygen atoms in total. The van der Waals surface area contributed by atoms with E-state index >= 15 is 0 Å². The lowest BCUT2D eigenvalue weighted by Gasteiger charge is -2.29. The Morgan fingerprint density at radius 3 is 2.80 bits per heavy atom. The van der Waals surface area contributed by atoms with Gasteiger partial charge in [-0.15, -0.1) is 0 Å². The topological polar surface area (TPSA) is 47.6 Å². The van der Waals surface area contributed by atoms with E-state index in [0.717, 1.165) is 29.2 Å². The van der Waals surface area contributed by atoms with Gasteiger partial charge >= 0.3 is 0 Å². The fraction of sp³-hybridized carbons (Fsp3) is 0.438. The molecule has 20 heavy (non-hydrogen) atoms. The minimum Gasteiger partial charge on any atom is -0.454 e. The van der Waals surface area contributed by atoms with Crippen LogP contribution in [0.15, 0.2) is 30.0 Å². The number of fused-ring (bicyclic) bond motifs is 1. The van der Waals surface area contributed by atoms with Crippen molar-refractivity contribution in [1.82, 2.24) is 5.32 Å². The molecule has 1 N–H and O–H groups in total. The van der Waals surface area contributed by atoms with Gasteiger partial charge < -0.3 is 14.8 Å². The third-order valence-corrected chi connectivity index (χ3v) is 3.61. The van der Waals surface area contributed by atoms with Crippen LogP contribution in [-0.2, 0) is 11.3 Å². The van der Waals surface area contributed by atoms with Gasteiger partial charge in [-0.3, -0.25) is 4.79 Å². The molecule has 4 heteroatoms. The second-order valence-corrected chi connectivity index (χ2v) is 6.19.